The van der Waals surface area contributed by atoms with Crippen molar-refractivity contribution >= 4 is 28.6 Å². The van der Waals surface area contributed by atoms with Gasteiger partial charge in [0.2, 0.25) is 0 Å². The molecule has 0 radical (unpaired) electrons. The number of hydrogen-bond acceptors (Lipinski definition) is 4. The molecule has 0 fully saturated rings. The van der Waals surface area contributed by atoms with Gasteiger partial charge < -0.3 is 4.90 Å². The highest BCUT2D eigenvalue weighted by Gasteiger charge is 2.29. The summed E-state index contributed by atoms with van der Waals surface area (Å²) in [6.07, 6.45) is 2.63. The van der Waals surface area contributed by atoms with Crippen molar-refractivity contribution in [2.75, 3.05) is 6.54 Å². The number of thiophene rings is 1. The highest BCUT2D eigenvalue weighted by Crippen LogP contribution is 2.33. The van der Waals surface area contributed by atoms with Gasteiger partial charge in [-0.05, 0) is 30.4 Å². The number of thiazole rings is 1. The molecule has 0 spiro atoms. The summed E-state index contributed by atoms with van der Waals surface area (Å²) in [7, 11) is 0. The second kappa shape index (κ2) is 4.23. The van der Waals surface area contributed by atoms with Crippen LogP contribution in [0.4, 0.5) is 0 Å². The summed E-state index contributed by atoms with van der Waals surface area (Å²) in [6.45, 7) is 2.91. The number of hydrogen-bond donors (Lipinski definition) is 0. The first-order valence-corrected chi connectivity index (χ1v) is 7.29. The Kier molecular flexibility index (Phi) is 2.72. The standard InChI is InChI=1S/C12H12N2OS2/c1-8-9-3-5-16-10(9)2-4-14(8)12(15)11-6-13-7-17-11/h3,5-8H,2,4H2,1H3. The molecule has 0 saturated carbocycles. The van der Waals surface area contributed by atoms with E-state index in [9.17, 15) is 4.79 Å². The van der Waals surface area contributed by atoms with Crippen molar-refractivity contribution in [2.24, 2.45) is 0 Å². The monoisotopic (exact) mass is 264 g/mol. The molecule has 1 unspecified atom stereocenters. The molecule has 1 amide bonds. The minimum atomic E-state index is 0.108. The molecule has 1 atom stereocenters. The van der Waals surface area contributed by atoms with Crippen LogP contribution in [0, 0.1) is 0 Å². The molecule has 0 saturated heterocycles. The van der Waals surface area contributed by atoms with E-state index in [-0.39, 0.29) is 11.9 Å². The van der Waals surface area contributed by atoms with Crippen molar-refractivity contribution in [3.05, 3.63) is 38.5 Å². The lowest BCUT2D eigenvalue weighted by Crippen LogP contribution is -2.37. The van der Waals surface area contributed by atoms with E-state index >= 15 is 0 Å². The fourth-order valence-electron chi connectivity index (χ4n) is 2.25. The van der Waals surface area contributed by atoms with Crippen molar-refractivity contribution in [1.29, 1.82) is 0 Å². The van der Waals surface area contributed by atoms with E-state index in [1.165, 1.54) is 21.8 Å². The van der Waals surface area contributed by atoms with E-state index < -0.39 is 0 Å². The average molecular weight is 264 g/mol. The molecule has 0 N–H and O–H groups in total. The third-order valence-electron chi connectivity index (χ3n) is 3.18. The summed E-state index contributed by atoms with van der Waals surface area (Å²) in [5, 5.41) is 2.11. The van der Waals surface area contributed by atoms with Gasteiger partial charge in [0.1, 0.15) is 4.88 Å². The molecule has 3 rings (SSSR count). The van der Waals surface area contributed by atoms with Crippen LogP contribution in [0.3, 0.4) is 0 Å². The number of rotatable bonds is 1. The minimum absolute atomic E-state index is 0.108. The van der Waals surface area contributed by atoms with Crippen LogP contribution >= 0.6 is 22.7 Å². The summed E-state index contributed by atoms with van der Waals surface area (Å²) in [5.74, 6) is 0.108. The van der Waals surface area contributed by atoms with E-state index in [0.717, 1.165) is 17.8 Å². The number of nitrogens with zero attached hydrogens (tertiary/aromatic N) is 2. The fraction of sp³-hybridized carbons (Fsp3) is 0.333. The molecule has 2 aromatic rings. The summed E-state index contributed by atoms with van der Waals surface area (Å²) in [4.78, 5) is 20.4. The smallest absolute Gasteiger partial charge is 0.266 e. The molecule has 5 heteroatoms. The first kappa shape index (κ1) is 10.9. The molecule has 2 aromatic heterocycles. The lowest BCUT2D eigenvalue weighted by molar-refractivity contribution is 0.0684. The van der Waals surface area contributed by atoms with Gasteiger partial charge in [0.15, 0.2) is 0 Å². The van der Waals surface area contributed by atoms with Gasteiger partial charge in [-0.1, -0.05) is 0 Å². The number of amides is 1. The Morgan fingerprint density at radius 1 is 1.53 bits per heavy atom. The second-order valence-electron chi connectivity index (χ2n) is 4.09. The van der Waals surface area contributed by atoms with Crippen LogP contribution in [0.5, 0.6) is 0 Å². The van der Waals surface area contributed by atoms with Gasteiger partial charge in [0.05, 0.1) is 17.7 Å². The average Bonchev–Trinajstić information content (AvgIpc) is 3.00. The van der Waals surface area contributed by atoms with Gasteiger partial charge in [-0.25, -0.2) is 0 Å². The number of fused-ring (bicyclic) bond motifs is 1. The largest absolute Gasteiger partial charge is 0.331 e. The number of aromatic nitrogens is 1. The zero-order chi connectivity index (χ0) is 11.8. The Morgan fingerprint density at radius 3 is 3.18 bits per heavy atom. The molecule has 1 aliphatic rings. The molecule has 0 aromatic carbocycles. The van der Waals surface area contributed by atoms with Crippen molar-refractivity contribution in [2.45, 2.75) is 19.4 Å². The van der Waals surface area contributed by atoms with Crippen LogP contribution in [0.1, 0.15) is 33.1 Å². The maximum atomic E-state index is 12.3. The molecular weight excluding hydrogens is 252 g/mol. The Bertz CT molecular complexity index is 532. The minimum Gasteiger partial charge on any atom is -0.331 e. The van der Waals surface area contributed by atoms with Crippen LogP contribution < -0.4 is 0 Å². The maximum Gasteiger partial charge on any atom is 0.266 e. The summed E-state index contributed by atoms with van der Waals surface area (Å²) >= 11 is 3.20. The molecule has 0 bridgehead atoms. The Labute approximate surface area is 108 Å². The lowest BCUT2D eigenvalue weighted by Gasteiger charge is -2.33. The maximum absolute atomic E-state index is 12.3. The Balaban J connectivity index is 1.89. The first-order chi connectivity index (χ1) is 8.27. The van der Waals surface area contributed by atoms with E-state index in [1.807, 2.05) is 4.90 Å². The van der Waals surface area contributed by atoms with Crippen molar-refractivity contribution in [1.82, 2.24) is 9.88 Å². The molecule has 3 nitrogen and oxygen atoms in total. The van der Waals surface area contributed by atoms with Gasteiger partial charge in [0.25, 0.3) is 5.91 Å². The van der Waals surface area contributed by atoms with Crippen molar-refractivity contribution in [3.63, 3.8) is 0 Å². The van der Waals surface area contributed by atoms with E-state index in [1.54, 1.807) is 23.0 Å². The summed E-state index contributed by atoms with van der Waals surface area (Å²) in [6, 6.07) is 2.32. The topological polar surface area (TPSA) is 33.2 Å². The van der Waals surface area contributed by atoms with Crippen LogP contribution in [0.15, 0.2) is 23.2 Å². The molecule has 3 heterocycles. The number of carbonyl (C=O) groups excluding carboxylic acids is 1. The quantitative estimate of drug-likeness (QED) is 0.793. The predicted molar refractivity (Wildman–Crippen MR) is 69.6 cm³/mol. The summed E-state index contributed by atoms with van der Waals surface area (Å²) in [5.41, 5.74) is 3.01. The van der Waals surface area contributed by atoms with Gasteiger partial charge in [-0.2, -0.15) is 0 Å². The van der Waals surface area contributed by atoms with Crippen LogP contribution in [-0.2, 0) is 6.42 Å². The molecule has 0 aliphatic carbocycles. The van der Waals surface area contributed by atoms with Crippen molar-refractivity contribution < 1.29 is 4.79 Å². The second-order valence-corrected chi connectivity index (χ2v) is 5.98. The molecular formula is C12H12N2OS2. The summed E-state index contributed by atoms with van der Waals surface area (Å²) < 4.78 is 0. The highest BCUT2D eigenvalue weighted by molar-refractivity contribution is 7.11. The number of carbonyl (C=O) groups is 1. The zero-order valence-electron chi connectivity index (χ0n) is 9.42. The van der Waals surface area contributed by atoms with E-state index in [4.69, 9.17) is 0 Å². The third-order valence-corrected chi connectivity index (χ3v) is 4.94. The zero-order valence-corrected chi connectivity index (χ0v) is 11.1. The van der Waals surface area contributed by atoms with Gasteiger partial charge >= 0.3 is 0 Å². The van der Waals surface area contributed by atoms with Gasteiger partial charge in [0, 0.05) is 11.4 Å². The lowest BCUT2D eigenvalue weighted by atomic mass is 10.0. The van der Waals surface area contributed by atoms with E-state index in [0.29, 0.717) is 0 Å². The Morgan fingerprint density at radius 2 is 2.41 bits per heavy atom. The van der Waals surface area contributed by atoms with Crippen LogP contribution in [-0.4, -0.2) is 22.3 Å². The SMILES string of the molecule is CC1c2ccsc2CCN1C(=O)c1cncs1. The first-order valence-electron chi connectivity index (χ1n) is 5.53. The molecule has 88 valence electrons. The Hall–Kier alpha value is -1.20. The van der Waals surface area contributed by atoms with Crippen LogP contribution in [0.2, 0.25) is 0 Å². The van der Waals surface area contributed by atoms with Gasteiger partial charge in [-0.3, -0.25) is 9.78 Å². The third kappa shape index (κ3) is 1.79. The predicted octanol–water partition coefficient (Wildman–Crippen LogP) is 2.96. The van der Waals surface area contributed by atoms with E-state index in [2.05, 4.69) is 23.4 Å². The highest BCUT2D eigenvalue weighted by atomic mass is 32.1. The normalized spacial score (nSPS) is 19.1. The van der Waals surface area contributed by atoms with Crippen LogP contribution in [0.25, 0.3) is 0 Å². The van der Waals surface area contributed by atoms with Crippen molar-refractivity contribution in [3.8, 4) is 0 Å². The molecule has 1 aliphatic heterocycles. The fourth-order valence-corrected chi connectivity index (χ4v) is 3.79. The molecule has 17 heavy (non-hydrogen) atoms. The van der Waals surface area contributed by atoms with Gasteiger partial charge in [-0.15, -0.1) is 22.7 Å².